The van der Waals surface area contributed by atoms with Gasteiger partial charge in [0.15, 0.2) is 13.0 Å². The molecule has 1 aliphatic rings. The van der Waals surface area contributed by atoms with E-state index in [1.807, 2.05) is 0 Å². The molecule has 0 saturated heterocycles. The Morgan fingerprint density at radius 1 is 1.22 bits per heavy atom. The van der Waals surface area contributed by atoms with E-state index in [0.29, 0.717) is 12.8 Å². The molecule has 1 aliphatic heterocycles. The minimum Gasteiger partial charge on any atom is -0.318 e. The van der Waals surface area contributed by atoms with Gasteiger partial charge in [-0.15, -0.1) is 10.1 Å². The normalized spacial score (nSPS) is 13.0. The number of rotatable bonds is 8. The third-order valence-electron chi connectivity index (χ3n) is 3.97. The van der Waals surface area contributed by atoms with Gasteiger partial charge in [0.1, 0.15) is 0 Å². The smallest absolute Gasteiger partial charge is 0.296 e. The van der Waals surface area contributed by atoms with E-state index < -0.39 is 29.5 Å². The van der Waals surface area contributed by atoms with Crippen molar-refractivity contribution < 1.29 is 29.1 Å². The van der Waals surface area contributed by atoms with Gasteiger partial charge in [0.25, 0.3) is 22.8 Å². The number of hydrogen-bond acceptors (Lipinski definition) is 8. The monoisotopic (exact) mass is 378 g/mol. The second-order valence-electron chi connectivity index (χ2n) is 6.15. The summed E-state index contributed by atoms with van der Waals surface area (Å²) in [6.45, 7) is -0.0303. The van der Waals surface area contributed by atoms with Crippen molar-refractivity contribution in [2.24, 2.45) is 0 Å². The first kappa shape index (κ1) is 20.0. The molecule has 0 unspecified atom stereocenters. The molecule has 0 radical (unpaired) electrons. The first-order valence-corrected chi connectivity index (χ1v) is 7.84. The summed E-state index contributed by atoms with van der Waals surface area (Å²) in [5.41, 5.74) is -0.186. The van der Waals surface area contributed by atoms with E-state index >= 15 is 0 Å². The Bertz CT molecular complexity index is 821. The number of nitrogens with zero attached hydrogens (tertiary/aromatic N) is 4. The van der Waals surface area contributed by atoms with Crippen LogP contribution in [0.4, 0.5) is 0 Å². The number of benzene rings is 1. The third-order valence-corrected chi connectivity index (χ3v) is 3.97. The summed E-state index contributed by atoms with van der Waals surface area (Å²) in [4.78, 5) is 67.0. The lowest BCUT2D eigenvalue weighted by molar-refractivity contribution is -0.761. The number of carbonyl (C=O) groups is 4. The van der Waals surface area contributed by atoms with Crippen molar-refractivity contribution in [1.82, 2.24) is 14.7 Å². The molecule has 0 saturated carbocycles. The van der Waals surface area contributed by atoms with Gasteiger partial charge in [-0.3, -0.25) is 28.9 Å². The van der Waals surface area contributed by atoms with Gasteiger partial charge in [-0.1, -0.05) is 0 Å². The van der Waals surface area contributed by atoms with E-state index in [1.54, 1.807) is 19.0 Å². The van der Waals surface area contributed by atoms with Crippen LogP contribution in [0.2, 0.25) is 0 Å². The van der Waals surface area contributed by atoms with E-state index in [-0.39, 0.29) is 28.8 Å². The zero-order chi connectivity index (χ0) is 20.3. The lowest BCUT2D eigenvalue weighted by atomic mass is 9.99. The first-order chi connectivity index (χ1) is 12.7. The molecule has 0 aromatic heterocycles. The average Bonchev–Trinajstić information content (AvgIpc) is 2.86. The molecule has 3 amide bonds. The van der Waals surface area contributed by atoms with Crippen molar-refractivity contribution in [3.63, 3.8) is 0 Å². The molecule has 1 aromatic rings. The molecule has 0 fully saturated rings. The van der Waals surface area contributed by atoms with Gasteiger partial charge >= 0.3 is 0 Å². The molecule has 2 rings (SSSR count). The molecular formula is C16H18N4O7. The lowest BCUT2D eigenvalue weighted by Crippen LogP contribution is -2.35. The van der Waals surface area contributed by atoms with Gasteiger partial charge in [0.2, 0.25) is 0 Å². The molecule has 0 atom stereocenters. The summed E-state index contributed by atoms with van der Waals surface area (Å²) in [5, 5.41) is 9.20. The minimum absolute atomic E-state index is 0.0105. The highest BCUT2D eigenvalue weighted by Gasteiger charge is 2.37. The van der Waals surface area contributed by atoms with Crippen LogP contribution in [0.5, 0.6) is 0 Å². The van der Waals surface area contributed by atoms with Gasteiger partial charge in [-0.25, -0.2) is 0 Å². The predicted octanol–water partition coefficient (Wildman–Crippen LogP) is -0.105. The molecule has 0 N–H and O–H groups in total. The fourth-order valence-electron chi connectivity index (χ4n) is 2.54. The highest BCUT2D eigenvalue weighted by Crippen LogP contribution is 2.26. The third kappa shape index (κ3) is 4.08. The van der Waals surface area contributed by atoms with Crippen LogP contribution < -0.4 is 0 Å². The molecule has 1 heterocycles. The predicted molar refractivity (Wildman–Crippen MR) is 90.8 cm³/mol. The van der Waals surface area contributed by atoms with Gasteiger partial charge < -0.3 is 9.80 Å². The Hall–Kier alpha value is -3.34. The Morgan fingerprint density at radius 2 is 1.81 bits per heavy atom. The maximum Gasteiger partial charge on any atom is 0.296 e. The minimum atomic E-state index is -1.06. The zero-order valence-electron chi connectivity index (χ0n) is 15.0. The van der Waals surface area contributed by atoms with Crippen molar-refractivity contribution in [3.05, 3.63) is 44.5 Å². The summed E-state index contributed by atoms with van der Waals surface area (Å²) in [6, 6.07) is 2.35. The number of imide groups is 1. The topological polar surface area (TPSA) is 130 Å². The van der Waals surface area contributed by atoms with Gasteiger partial charge in [0, 0.05) is 25.7 Å². The van der Waals surface area contributed by atoms with E-state index in [9.17, 15) is 29.3 Å². The van der Waals surface area contributed by atoms with Crippen molar-refractivity contribution in [1.29, 1.82) is 0 Å². The van der Waals surface area contributed by atoms with Crippen molar-refractivity contribution in [2.75, 3.05) is 41.0 Å². The highest BCUT2D eigenvalue weighted by molar-refractivity contribution is 6.22. The first-order valence-electron chi connectivity index (χ1n) is 7.84. The summed E-state index contributed by atoms with van der Waals surface area (Å²) >= 11 is 0. The maximum atomic E-state index is 12.5. The highest BCUT2D eigenvalue weighted by atomic mass is 17.0. The zero-order valence-corrected chi connectivity index (χ0v) is 15.0. The average molecular weight is 378 g/mol. The van der Waals surface area contributed by atoms with Crippen molar-refractivity contribution in [2.45, 2.75) is 0 Å². The largest absolute Gasteiger partial charge is 0.318 e. The fourth-order valence-corrected chi connectivity index (χ4v) is 2.54. The summed E-state index contributed by atoms with van der Waals surface area (Å²) in [5.74, 6) is -1.86. The van der Waals surface area contributed by atoms with Crippen LogP contribution in [0, 0.1) is 10.1 Å². The molecule has 144 valence electrons. The van der Waals surface area contributed by atoms with E-state index in [2.05, 4.69) is 4.84 Å². The SMILES string of the molecule is CN(C)CCN1C(=O)c2cc(C=O)c(C(=O)N(C)CO[N+](=O)[O-])cc2C1=O. The number of carbonyl (C=O) groups excluding carboxylic acids is 4. The van der Waals surface area contributed by atoms with E-state index in [0.717, 1.165) is 9.80 Å². The van der Waals surface area contributed by atoms with Crippen LogP contribution in [0.25, 0.3) is 0 Å². The Morgan fingerprint density at radius 3 is 2.33 bits per heavy atom. The number of aldehydes is 1. The summed E-state index contributed by atoms with van der Waals surface area (Å²) < 4.78 is 0. The van der Waals surface area contributed by atoms with Crippen LogP contribution in [0.1, 0.15) is 41.4 Å². The van der Waals surface area contributed by atoms with Crippen molar-refractivity contribution >= 4 is 24.0 Å². The lowest BCUT2D eigenvalue weighted by Gasteiger charge is -2.17. The molecule has 11 heteroatoms. The van der Waals surface area contributed by atoms with Crippen molar-refractivity contribution in [3.8, 4) is 0 Å². The Kier molecular flexibility index (Phi) is 5.85. The standard InChI is InChI=1S/C16H18N4O7/c1-17(2)4-5-19-15(23)12-6-10(8-21)11(7-13(12)16(19)24)14(22)18(3)9-27-20(25)26/h6-8H,4-5,9H2,1-3H3. The van der Waals surface area contributed by atoms with Crippen LogP contribution >= 0.6 is 0 Å². The molecule has 1 aromatic carbocycles. The number of amides is 3. The molecular weight excluding hydrogens is 360 g/mol. The molecule has 0 aliphatic carbocycles. The van der Waals surface area contributed by atoms with Crippen LogP contribution in [0.15, 0.2) is 12.1 Å². The molecule has 11 nitrogen and oxygen atoms in total. The second-order valence-corrected chi connectivity index (χ2v) is 6.15. The van der Waals surface area contributed by atoms with Gasteiger partial charge in [0.05, 0.1) is 16.7 Å². The maximum absolute atomic E-state index is 12.5. The molecule has 0 bridgehead atoms. The molecule has 27 heavy (non-hydrogen) atoms. The number of hydrogen-bond donors (Lipinski definition) is 0. The summed E-state index contributed by atoms with van der Waals surface area (Å²) in [6.07, 6.45) is 0.385. The van der Waals surface area contributed by atoms with Crippen LogP contribution in [-0.4, -0.2) is 84.8 Å². The molecule has 0 spiro atoms. The van der Waals surface area contributed by atoms with E-state index in [1.165, 1.54) is 19.2 Å². The second kappa shape index (κ2) is 7.91. The Balaban J connectivity index is 2.35. The Labute approximate surface area is 154 Å². The number of fused-ring (bicyclic) bond motifs is 1. The van der Waals surface area contributed by atoms with Gasteiger partial charge in [-0.2, -0.15) is 0 Å². The van der Waals surface area contributed by atoms with Gasteiger partial charge in [-0.05, 0) is 26.2 Å². The number of likely N-dealkylation sites (N-methyl/N-ethyl adjacent to an activating group) is 1. The van der Waals surface area contributed by atoms with E-state index in [4.69, 9.17) is 0 Å². The quantitative estimate of drug-likeness (QED) is 0.201. The van der Waals surface area contributed by atoms with Crippen LogP contribution in [-0.2, 0) is 4.84 Å². The summed E-state index contributed by atoms with van der Waals surface area (Å²) in [7, 11) is 4.83. The van der Waals surface area contributed by atoms with Crippen LogP contribution in [0.3, 0.4) is 0 Å². The fraction of sp³-hybridized carbons (Fsp3) is 0.375.